The van der Waals surface area contributed by atoms with Crippen molar-refractivity contribution in [3.8, 4) is 0 Å². The lowest BCUT2D eigenvalue weighted by atomic mass is 10.7. The summed E-state index contributed by atoms with van der Waals surface area (Å²) in [5.74, 6) is 0.0509. The minimum absolute atomic E-state index is 0.0509. The Hall–Kier alpha value is -1.05. The van der Waals surface area contributed by atoms with Crippen molar-refractivity contribution in [1.29, 1.82) is 0 Å². The molecule has 0 spiro atoms. The quantitative estimate of drug-likeness (QED) is 0.489. The molecule has 1 aromatic heterocycles. The third kappa shape index (κ3) is 0.780. The number of aromatic nitrogens is 1. The van der Waals surface area contributed by atoms with Crippen LogP contribution in [0, 0.1) is 0 Å². The number of carbonyl (C=O) groups is 1. The molecule has 42 valence electrons. The van der Waals surface area contributed by atoms with Crippen molar-refractivity contribution in [1.82, 2.24) is 4.57 Å². The predicted molar refractivity (Wildman–Crippen MR) is 30.7 cm³/mol. The molecule has 2 nitrogen and oxygen atoms in total. The van der Waals surface area contributed by atoms with E-state index in [2.05, 4.69) is 0 Å². The van der Waals surface area contributed by atoms with Gasteiger partial charge in [0.25, 0.3) is 0 Å². The van der Waals surface area contributed by atoms with Crippen molar-refractivity contribution >= 4 is 5.91 Å². The highest BCUT2D eigenvalue weighted by molar-refractivity contribution is 5.75. The summed E-state index contributed by atoms with van der Waals surface area (Å²) in [6, 6.07) is 3.64. The number of hydrogen-bond donors (Lipinski definition) is 0. The summed E-state index contributed by atoms with van der Waals surface area (Å²) in [4.78, 5) is 10.5. The largest absolute Gasteiger partial charge is 0.295 e. The Kier molecular flexibility index (Phi) is 1.16. The van der Waals surface area contributed by atoms with E-state index < -0.39 is 0 Å². The maximum atomic E-state index is 10.5. The van der Waals surface area contributed by atoms with Crippen LogP contribution in [0.1, 0.15) is 11.7 Å². The van der Waals surface area contributed by atoms with E-state index in [9.17, 15) is 4.79 Å². The Bertz CT molecular complexity index is 176. The lowest BCUT2D eigenvalue weighted by molar-refractivity contribution is 0.0937. The van der Waals surface area contributed by atoms with Crippen LogP contribution in [-0.2, 0) is 0 Å². The molecule has 0 saturated carbocycles. The number of carbonyl (C=O) groups excluding carboxylic acids is 1. The normalized spacial score (nSPS) is 9.12. The number of nitrogens with zero attached hydrogens (tertiary/aromatic N) is 1. The van der Waals surface area contributed by atoms with E-state index in [1.165, 1.54) is 11.5 Å². The van der Waals surface area contributed by atoms with Crippen LogP contribution in [0.2, 0.25) is 0 Å². The van der Waals surface area contributed by atoms with Gasteiger partial charge >= 0.3 is 0 Å². The lowest BCUT2D eigenvalue weighted by Crippen LogP contribution is -2.00. The fourth-order valence-corrected chi connectivity index (χ4v) is 0.544. The Morgan fingerprint density at radius 1 is 1.38 bits per heavy atom. The molecule has 0 amide bonds. The second-order valence-corrected chi connectivity index (χ2v) is 1.61. The highest BCUT2D eigenvalue weighted by Gasteiger charge is 1.89. The molecule has 8 heavy (non-hydrogen) atoms. The van der Waals surface area contributed by atoms with Crippen LogP contribution in [0.4, 0.5) is 0 Å². The van der Waals surface area contributed by atoms with E-state index in [1.807, 2.05) is 12.1 Å². The van der Waals surface area contributed by atoms with E-state index >= 15 is 0 Å². The number of rotatable bonds is 0. The molecule has 0 radical (unpaired) electrons. The average molecular weight is 109 g/mol. The van der Waals surface area contributed by atoms with Crippen LogP contribution < -0.4 is 0 Å². The van der Waals surface area contributed by atoms with Crippen molar-refractivity contribution < 1.29 is 4.79 Å². The zero-order valence-electron chi connectivity index (χ0n) is 4.66. The van der Waals surface area contributed by atoms with Crippen LogP contribution in [0.25, 0.3) is 0 Å². The summed E-state index contributed by atoms with van der Waals surface area (Å²) in [7, 11) is 0. The van der Waals surface area contributed by atoms with Gasteiger partial charge < -0.3 is 0 Å². The molecule has 2 heteroatoms. The highest BCUT2D eigenvalue weighted by atomic mass is 16.1. The minimum Gasteiger partial charge on any atom is -0.295 e. The summed E-state index contributed by atoms with van der Waals surface area (Å²) in [6.07, 6.45) is 3.45. The van der Waals surface area contributed by atoms with Gasteiger partial charge in [0, 0.05) is 19.3 Å². The molecule has 1 rings (SSSR count). The van der Waals surface area contributed by atoms with Gasteiger partial charge in [-0.3, -0.25) is 9.36 Å². The molecular weight excluding hydrogens is 102 g/mol. The van der Waals surface area contributed by atoms with Crippen LogP contribution in [-0.4, -0.2) is 10.5 Å². The lowest BCUT2D eigenvalue weighted by Gasteiger charge is -1.89. The minimum atomic E-state index is 0.0509. The van der Waals surface area contributed by atoms with E-state index in [4.69, 9.17) is 0 Å². The van der Waals surface area contributed by atoms with Gasteiger partial charge in [-0.15, -0.1) is 0 Å². The van der Waals surface area contributed by atoms with Crippen LogP contribution in [0.3, 0.4) is 0 Å². The summed E-state index contributed by atoms with van der Waals surface area (Å²) in [6.45, 7) is 1.53. The zero-order chi connectivity index (χ0) is 5.98. The first-order chi connectivity index (χ1) is 3.80. The first kappa shape index (κ1) is 5.09. The molecule has 1 heterocycles. The average Bonchev–Trinajstić information content (AvgIpc) is 2.12. The van der Waals surface area contributed by atoms with Crippen LogP contribution in [0.15, 0.2) is 24.5 Å². The molecule has 0 aromatic carbocycles. The first-order valence-electron chi connectivity index (χ1n) is 2.44. The Balaban J connectivity index is 2.93. The monoisotopic (exact) mass is 109 g/mol. The second-order valence-electron chi connectivity index (χ2n) is 1.61. The van der Waals surface area contributed by atoms with Crippen molar-refractivity contribution in [2.75, 3.05) is 0 Å². The zero-order valence-corrected chi connectivity index (χ0v) is 4.66. The maximum absolute atomic E-state index is 10.5. The van der Waals surface area contributed by atoms with E-state index in [0.29, 0.717) is 0 Å². The van der Waals surface area contributed by atoms with Gasteiger partial charge in [-0.05, 0) is 12.1 Å². The molecule has 0 unspecified atom stereocenters. The van der Waals surface area contributed by atoms with Gasteiger partial charge in [-0.1, -0.05) is 0 Å². The highest BCUT2D eigenvalue weighted by Crippen LogP contribution is 1.87. The smallest absolute Gasteiger partial charge is 0.227 e. The molecule has 1 aromatic rings. The van der Waals surface area contributed by atoms with Gasteiger partial charge in [0.2, 0.25) is 5.91 Å². The fraction of sp³-hybridized carbons (Fsp3) is 0.167. The summed E-state index contributed by atoms with van der Waals surface area (Å²) in [5, 5.41) is 0. The molecule has 0 aliphatic carbocycles. The van der Waals surface area contributed by atoms with Crippen molar-refractivity contribution in [2.45, 2.75) is 6.92 Å². The van der Waals surface area contributed by atoms with E-state index in [0.717, 1.165) is 0 Å². The fourth-order valence-electron chi connectivity index (χ4n) is 0.544. The number of hydrogen-bond acceptors (Lipinski definition) is 1. The molecule has 0 bridgehead atoms. The molecule has 0 atom stereocenters. The molecule has 0 saturated heterocycles. The van der Waals surface area contributed by atoms with Crippen LogP contribution in [0.5, 0.6) is 0 Å². The standard InChI is InChI=1S/C6H7NO/c1-6(8)7-4-2-3-5-7/h2-5H,1H3. The van der Waals surface area contributed by atoms with Gasteiger partial charge in [0.15, 0.2) is 0 Å². The topological polar surface area (TPSA) is 22.0 Å². The summed E-state index contributed by atoms with van der Waals surface area (Å²) in [5.41, 5.74) is 0. The third-order valence-corrected chi connectivity index (χ3v) is 0.968. The molecule has 0 aliphatic rings. The third-order valence-electron chi connectivity index (χ3n) is 0.968. The van der Waals surface area contributed by atoms with Crippen molar-refractivity contribution in [3.05, 3.63) is 24.5 Å². The molecule has 0 fully saturated rings. The summed E-state index contributed by atoms with van der Waals surface area (Å²) < 4.78 is 1.53. The predicted octanol–water partition coefficient (Wildman–Crippen LogP) is 1.15. The van der Waals surface area contributed by atoms with E-state index in [-0.39, 0.29) is 5.91 Å². The Morgan fingerprint density at radius 2 is 1.88 bits per heavy atom. The second kappa shape index (κ2) is 1.82. The van der Waals surface area contributed by atoms with E-state index in [1.54, 1.807) is 12.4 Å². The van der Waals surface area contributed by atoms with Gasteiger partial charge in [0.1, 0.15) is 0 Å². The molecular formula is C6H7NO. The van der Waals surface area contributed by atoms with Crippen molar-refractivity contribution in [2.24, 2.45) is 0 Å². The summed E-state index contributed by atoms with van der Waals surface area (Å²) >= 11 is 0. The Morgan fingerprint density at radius 3 is 2.12 bits per heavy atom. The maximum Gasteiger partial charge on any atom is 0.227 e. The van der Waals surface area contributed by atoms with Crippen LogP contribution >= 0.6 is 0 Å². The SMILES string of the molecule is CC(=O)n1cccc1. The molecule has 0 N–H and O–H groups in total. The molecule has 0 aliphatic heterocycles. The van der Waals surface area contributed by atoms with Gasteiger partial charge in [-0.2, -0.15) is 0 Å². The Labute approximate surface area is 47.7 Å². The van der Waals surface area contributed by atoms with Gasteiger partial charge in [-0.25, -0.2) is 0 Å². The van der Waals surface area contributed by atoms with Crippen molar-refractivity contribution in [3.63, 3.8) is 0 Å². The first-order valence-corrected chi connectivity index (χ1v) is 2.44. The van der Waals surface area contributed by atoms with Gasteiger partial charge in [0.05, 0.1) is 0 Å².